The van der Waals surface area contributed by atoms with Crippen LogP contribution < -0.4 is 31.2 Å². The maximum Gasteiger partial charge on any atom is 0.416 e. The maximum atomic E-state index is 12.8. The van der Waals surface area contributed by atoms with Crippen LogP contribution in [0.4, 0.5) is 36.2 Å². The highest BCUT2D eigenvalue weighted by Gasteiger charge is 2.30. The van der Waals surface area contributed by atoms with Gasteiger partial charge in [0.15, 0.2) is 11.5 Å². The van der Waals surface area contributed by atoms with Gasteiger partial charge in [0.05, 0.1) is 31.8 Å². The van der Waals surface area contributed by atoms with Crippen LogP contribution in [0.25, 0.3) is 0 Å². The number of amides is 1. The normalized spacial score (nSPS) is 11.7. The predicted octanol–water partition coefficient (Wildman–Crippen LogP) is 4.69. The number of methoxy groups -OCH3 is 1. The van der Waals surface area contributed by atoms with E-state index in [0.717, 1.165) is 23.4 Å². The van der Waals surface area contributed by atoms with Crippen LogP contribution in [-0.2, 0) is 28.7 Å². The highest BCUT2D eigenvalue weighted by molar-refractivity contribution is 7.59. The number of benzene rings is 3. The van der Waals surface area contributed by atoms with Crippen LogP contribution >= 0.6 is 13.5 Å². The van der Waals surface area contributed by atoms with Crippen molar-refractivity contribution in [1.82, 2.24) is 20.2 Å². The number of hydrogen-bond donors (Lipinski definition) is 5. The monoisotopic (exact) mass is 701 g/mol. The van der Waals surface area contributed by atoms with E-state index >= 15 is 0 Å². The molecule has 1 atom stereocenters. The van der Waals surface area contributed by atoms with Crippen molar-refractivity contribution in [3.05, 3.63) is 95.8 Å². The van der Waals surface area contributed by atoms with Gasteiger partial charge >= 0.3 is 12.1 Å². The van der Waals surface area contributed by atoms with E-state index in [-0.39, 0.29) is 39.6 Å². The third kappa shape index (κ3) is 12.2. The molecule has 1 aromatic heterocycles. The summed E-state index contributed by atoms with van der Waals surface area (Å²) in [5, 5.41) is 18.1. The molecule has 0 aliphatic heterocycles. The summed E-state index contributed by atoms with van der Waals surface area (Å²) in [6.45, 7) is 0.606. The highest BCUT2D eigenvalue weighted by Crippen LogP contribution is 2.32. The van der Waals surface area contributed by atoms with Gasteiger partial charge in [0, 0.05) is 30.1 Å². The zero-order valence-corrected chi connectivity index (χ0v) is 27.8. The van der Waals surface area contributed by atoms with Crippen LogP contribution in [0.2, 0.25) is 0 Å². The summed E-state index contributed by atoms with van der Waals surface area (Å²) < 4.78 is 49.6. The second-order valence-corrected chi connectivity index (χ2v) is 10.8. The first-order chi connectivity index (χ1) is 22.9. The minimum absolute atomic E-state index is 0. The summed E-state index contributed by atoms with van der Waals surface area (Å²) in [5.41, 5.74) is 8.04. The number of nitrogens with one attached hydrogen (secondary N) is 3. The molecule has 12 nitrogen and oxygen atoms in total. The Bertz CT molecular complexity index is 1700. The summed E-state index contributed by atoms with van der Waals surface area (Å²) >= 11 is 0. The van der Waals surface area contributed by atoms with E-state index in [1.54, 1.807) is 36.2 Å². The molecular formula is C33H38F3N7O5S. The van der Waals surface area contributed by atoms with E-state index in [2.05, 4.69) is 25.9 Å². The van der Waals surface area contributed by atoms with Gasteiger partial charge in [-0.3, -0.25) is 14.5 Å². The van der Waals surface area contributed by atoms with E-state index in [0.29, 0.717) is 40.9 Å². The van der Waals surface area contributed by atoms with Crippen LogP contribution in [-0.4, -0.2) is 71.7 Å². The van der Waals surface area contributed by atoms with Crippen molar-refractivity contribution >= 4 is 48.4 Å². The van der Waals surface area contributed by atoms with E-state index in [4.69, 9.17) is 20.3 Å². The molecule has 0 unspecified atom stereocenters. The molecule has 3 aromatic carbocycles. The number of alkyl halides is 3. The third-order valence-corrected chi connectivity index (χ3v) is 6.89. The van der Waals surface area contributed by atoms with Crippen molar-refractivity contribution in [3.63, 3.8) is 0 Å². The first-order valence-corrected chi connectivity index (χ1v) is 14.7. The van der Waals surface area contributed by atoms with E-state index in [1.165, 1.54) is 25.6 Å². The fraction of sp³-hybridized carbons (Fsp3) is 0.273. The van der Waals surface area contributed by atoms with Crippen LogP contribution in [0.15, 0.2) is 79.1 Å². The Morgan fingerprint density at radius 2 is 1.61 bits per heavy atom. The van der Waals surface area contributed by atoms with Gasteiger partial charge in [-0.1, -0.05) is 24.3 Å². The zero-order valence-electron chi connectivity index (χ0n) is 26.8. The molecule has 262 valence electrons. The Morgan fingerprint density at radius 1 is 0.939 bits per heavy atom. The molecule has 0 saturated carbocycles. The number of nitrogens with two attached hydrogens (primary N) is 1. The molecule has 16 heteroatoms. The number of ether oxygens (including phenoxy) is 2. The summed E-state index contributed by atoms with van der Waals surface area (Å²) in [7, 11) is 3.23. The van der Waals surface area contributed by atoms with Gasteiger partial charge in [-0.25, -0.2) is 9.97 Å². The van der Waals surface area contributed by atoms with Gasteiger partial charge in [-0.2, -0.15) is 26.7 Å². The Labute approximate surface area is 288 Å². The number of carbonyl (C=O) groups is 2. The molecule has 1 amide bonds. The number of likely N-dealkylation sites (N-methyl/N-ethyl adjacent to an activating group) is 1. The number of rotatable bonds is 16. The molecule has 49 heavy (non-hydrogen) atoms. The molecule has 4 rings (SSSR count). The van der Waals surface area contributed by atoms with Gasteiger partial charge in [-0.05, 0) is 61.0 Å². The third-order valence-electron chi connectivity index (χ3n) is 6.89. The lowest BCUT2D eigenvalue weighted by Gasteiger charge is -2.16. The van der Waals surface area contributed by atoms with Gasteiger partial charge in [0.25, 0.3) is 0 Å². The fourth-order valence-electron chi connectivity index (χ4n) is 4.65. The molecular weight excluding hydrogens is 663 g/mol. The van der Waals surface area contributed by atoms with Crippen LogP contribution in [0.5, 0.6) is 11.5 Å². The minimum atomic E-state index is -4.44. The van der Waals surface area contributed by atoms with Crippen molar-refractivity contribution in [1.29, 1.82) is 0 Å². The summed E-state index contributed by atoms with van der Waals surface area (Å²) in [6.07, 6.45) is -2.96. The SMILES string of the molecule is COc1ccc(Nc2cc(Nc3cccc(CN(C)CC(=O)O)c3)ncn2)cc1OCCNC(=O)[C@@H](N)Cc1ccc(C(F)(F)F)cc1.S. The second kappa shape index (κ2) is 17.9. The molecule has 0 spiro atoms. The van der Waals surface area contributed by atoms with Crippen molar-refractivity contribution in [2.45, 2.75) is 25.2 Å². The number of nitrogens with zero attached hydrogens (tertiary/aromatic N) is 3. The predicted molar refractivity (Wildman–Crippen MR) is 184 cm³/mol. The summed E-state index contributed by atoms with van der Waals surface area (Å²) in [5.74, 6) is 0.530. The van der Waals surface area contributed by atoms with E-state index in [9.17, 15) is 22.8 Å². The van der Waals surface area contributed by atoms with Gasteiger partial charge in [-0.15, -0.1) is 0 Å². The van der Waals surface area contributed by atoms with Crippen molar-refractivity contribution in [2.75, 3.05) is 44.5 Å². The molecule has 4 aromatic rings. The number of hydrogen-bond acceptors (Lipinski definition) is 10. The summed E-state index contributed by atoms with van der Waals surface area (Å²) in [4.78, 5) is 33.7. The van der Waals surface area contributed by atoms with Crippen molar-refractivity contribution in [3.8, 4) is 11.5 Å². The Morgan fingerprint density at radius 3 is 2.24 bits per heavy atom. The van der Waals surface area contributed by atoms with Crippen molar-refractivity contribution < 1.29 is 37.3 Å². The largest absolute Gasteiger partial charge is 0.493 e. The number of anilines is 4. The second-order valence-electron chi connectivity index (χ2n) is 10.8. The van der Waals surface area contributed by atoms with E-state index < -0.39 is 29.7 Å². The van der Waals surface area contributed by atoms with Crippen LogP contribution in [0, 0.1) is 0 Å². The molecule has 0 bridgehead atoms. The van der Waals surface area contributed by atoms with Gasteiger partial charge < -0.3 is 36.3 Å². The molecule has 1 heterocycles. The molecule has 0 radical (unpaired) electrons. The molecule has 0 fully saturated rings. The molecule has 0 aliphatic carbocycles. The molecule has 0 saturated heterocycles. The lowest BCUT2D eigenvalue weighted by atomic mass is 10.0. The van der Waals surface area contributed by atoms with Crippen LogP contribution in [0.1, 0.15) is 16.7 Å². The smallest absolute Gasteiger partial charge is 0.416 e. The quantitative estimate of drug-likeness (QED) is 0.103. The van der Waals surface area contributed by atoms with Gasteiger partial charge in [0.1, 0.15) is 24.6 Å². The number of halogens is 3. The van der Waals surface area contributed by atoms with Gasteiger partial charge in [0.2, 0.25) is 5.91 Å². The number of carbonyl (C=O) groups excluding carboxylic acids is 1. The fourth-order valence-corrected chi connectivity index (χ4v) is 4.65. The lowest BCUT2D eigenvalue weighted by Crippen LogP contribution is -2.43. The first kappa shape index (κ1) is 38.4. The number of carboxylic acid groups (broad SMARTS) is 1. The zero-order chi connectivity index (χ0) is 34.7. The number of carboxylic acids is 1. The average Bonchev–Trinajstić information content (AvgIpc) is 3.03. The van der Waals surface area contributed by atoms with Crippen molar-refractivity contribution in [2.24, 2.45) is 5.73 Å². The Balaban J connectivity index is 0.00000650. The number of aliphatic carboxylic acids is 1. The first-order valence-electron chi connectivity index (χ1n) is 14.7. The molecule has 0 aliphatic rings. The summed E-state index contributed by atoms with van der Waals surface area (Å²) in [6, 6.07) is 18.1. The maximum absolute atomic E-state index is 12.8. The lowest BCUT2D eigenvalue weighted by molar-refractivity contribution is -0.138. The van der Waals surface area contributed by atoms with E-state index in [1.807, 2.05) is 24.3 Å². The average molecular weight is 702 g/mol. The Kier molecular flexibility index (Phi) is 14.0. The highest BCUT2D eigenvalue weighted by atomic mass is 32.1. The topological polar surface area (TPSA) is 164 Å². The van der Waals surface area contributed by atoms with Crippen LogP contribution in [0.3, 0.4) is 0 Å². The number of aromatic nitrogens is 2. The standard InChI is InChI=1S/C33H36F3N7O5.H2S/c1-43(19-31(44)45)18-22-4-3-5-24(14-22)41-29-17-30(40-20-39-29)42-25-10-11-27(47-2)28(16-25)48-13-12-38-32(46)26(37)15-21-6-8-23(9-7-21)33(34,35)36;/h3-11,14,16-17,20,26H,12-13,15,18-19,37H2,1-2H3,(H,38,46)(H,44,45)(H2,39,40,41,42);1H2/t26-;/m0./s1. The minimum Gasteiger partial charge on any atom is -0.493 e. The Hall–Kier alpha value is -5.06. The molecule has 6 N–H and O–H groups in total.